The highest BCUT2D eigenvalue weighted by molar-refractivity contribution is 7.89. The first-order chi connectivity index (χ1) is 10.9. The van der Waals surface area contributed by atoms with Crippen LogP contribution in [0.15, 0.2) is 24.3 Å². The molecule has 5 nitrogen and oxygen atoms in total. The Labute approximate surface area is 138 Å². The van der Waals surface area contributed by atoms with Crippen LogP contribution < -0.4 is 0 Å². The summed E-state index contributed by atoms with van der Waals surface area (Å²) in [4.78, 5) is 14.8. The molecule has 2 aliphatic heterocycles. The van der Waals surface area contributed by atoms with Crippen LogP contribution in [0, 0.1) is 12.3 Å². The van der Waals surface area contributed by atoms with Crippen LogP contribution >= 0.6 is 0 Å². The normalized spacial score (nSPS) is 25.7. The molecule has 23 heavy (non-hydrogen) atoms. The number of aryl methyl sites for hydroxylation is 1. The molecule has 0 radical (unpaired) electrons. The van der Waals surface area contributed by atoms with Crippen LogP contribution in [0.25, 0.3) is 0 Å². The van der Waals surface area contributed by atoms with Gasteiger partial charge < -0.3 is 4.90 Å². The lowest BCUT2D eigenvalue weighted by Crippen LogP contribution is -2.38. The number of hydrogen-bond donors (Lipinski definition) is 0. The summed E-state index contributed by atoms with van der Waals surface area (Å²) in [6, 6.07) is 8.18. The van der Waals surface area contributed by atoms with Crippen molar-refractivity contribution in [3.05, 3.63) is 35.4 Å². The third kappa shape index (κ3) is 3.02. The molecule has 2 heterocycles. The molecule has 1 amide bonds. The van der Waals surface area contributed by atoms with E-state index in [0.29, 0.717) is 32.6 Å². The van der Waals surface area contributed by atoms with Gasteiger partial charge in [0.25, 0.3) is 0 Å². The van der Waals surface area contributed by atoms with Crippen molar-refractivity contribution >= 4 is 15.9 Å². The zero-order valence-electron chi connectivity index (χ0n) is 13.8. The van der Waals surface area contributed by atoms with Gasteiger partial charge in [0.15, 0.2) is 0 Å². The standard InChI is InChI=1S/C17H24N2O3S/c1-3-23(21,22)19-10-8-17(13-19)7-9-18(16(17)20)12-15-6-4-5-14(2)11-15/h4-6,11H,3,7-10,12-13H2,1-2H3/t17-/m1/s1. The molecule has 3 rings (SSSR count). The van der Waals surface area contributed by atoms with Crippen molar-refractivity contribution in [3.63, 3.8) is 0 Å². The van der Waals surface area contributed by atoms with Crippen molar-refractivity contribution in [1.82, 2.24) is 9.21 Å². The molecule has 0 aliphatic carbocycles. The van der Waals surface area contributed by atoms with Crippen molar-refractivity contribution in [2.75, 3.05) is 25.4 Å². The summed E-state index contributed by atoms with van der Waals surface area (Å²) in [6.07, 6.45) is 1.41. The quantitative estimate of drug-likeness (QED) is 0.842. The highest BCUT2D eigenvalue weighted by Crippen LogP contribution is 2.42. The van der Waals surface area contributed by atoms with E-state index in [1.54, 1.807) is 6.92 Å². The zero-order chi connectivity index (χ0) is 16.7. The molecule has 1 aromatic carbocycles. The van der Waals surface area contributed by atoms with Gasteiger partial charge in [-0.15, -0.1) is 0 Å². The minimum atomic E-state index is -3.20. The summed E-state index contributed by atoms with van der Waals surface area (Å²) in [5.74, 6) is 0.220. The van der Waals surface area contributed by atoms with Gasteiger partial charge in [-0.2, -0.15) is 0 Å². The molecule has 0 saturated carbocycles. The lowest BCUT2D eigenvalue weighted by molar-refractivity contribution is -0.135. The number of nitrogens with zero attached hydrogens (tertiary/aromatic N) is 2. The monoisotopic (exact) mass is 336 g/mol. The Morgan fingerprint density at radius 3 is 2.65 bits per heavy atom. The van der Waals surface area contributed by atoms with Crippen LogP contribution in [0.2, 0.25) is 0 Å². The van der Waals surface area contributed by atoms with Gasteiger partial charge in [-0.05, 0) is 32.3 Å². The van der Waals surface area contributed by atoms with E-state index in [2.05, 4.69) is 6.07 Å². The lowest BCUT2D eigenvalue weighted by atomic mass is 9.86. The molecule has 0 bridgehead atoms. The summed E-state index contributed by atoms with van der Waals surface area (Å²) in [7, 11) is -3.20. The molecule has 0 aromatic heterocycles. The first-order valence-corrected chi connectivity index (χ1v) is 9.80. The summed E-state index contributed by atoms with van der Waals surface area (Å²) < 4.78 is 25.6. The summed E-state index contributed by atoms with van der Waals surface area (Å²) in [5.41, 5.74) is 1.82. The minimum absolute atomic E-state index is 0.101. The van der Waals surface area contributed by atoms with Crippen molar-refractivity contribution in [2.45, 2.75) is 33.2 Å². The third-order valence-electron chi connectivity index (χ3n) is 5.13. The number of likely N-dealkylation sites (tertiary alicyclic amines) is 1. The smallest absolute Gasteiger partial charge is 0.230 e. The van der Waals surface area contributed by atoms with Crippen LogP contribution in [0.4, 0.5) is 0 Å². The Hall–Kier alpha value is -1.40. The lowest BCUT2D eigenvalue weighted by Gasteiger charge is -2.23. The van der Waals surface area contributed by atoms with Crippen molar-refractivity contribution in [3.8, 4) is 0 Å². The molecule has 1 aromatic rings. The summed E-state index contributed by atoms with van der Waals surface area (Å²) >= 11 is 0. The number of carbonyl (C=O) groups is 1. The maximum absolute atomic E-state index is 12.9. The van der Waals surface area contributed by atoms with Crippen molar-refractivity contribution in [2.24, 2.45) is 5.41 Å². The van der Waals surface area contributed by atoms with Gasteiger partial charge in [-0.1, -0.05) is 29.8 Å². The molecule has 1 atom stereocenters. The maximum atomic E-state index is 12.9. The number of sulfonamides is 1. The van der Waals surface area contributed by atoms with Gasteiger partial charge in [0, 0.05) is 26.2 Å². The van der Waals surface area contributed by atoms with Gasteiger partial charge in [0.05, 0.1) is 11.2 Å². The molecule has 126 valence electrons. The van der Waals surface area contributed by atoms with E-state index < -0.39 is 15.4 Å². The van der Waals surface area contributed by atoms with Gasteiger partial charge in [0.2, 0.25) is 15.9 Å². The predicted molar refractivity (Wildman–Crippen MR) is 89.3 cm³/mol. The van der Waals surface area contributed by atoms with E-state index in [-0.39, 0.29) is 11.7 Å². The molecule has 1 spiro atoms. The van der Waals surface area contributed by atoms with Gasteiger partial charge in [-0.3, -0.25) is 4.79 Å². The third-order valence-corrected chi connectivity index (χ3v) is 6.96. The second kappa shape index (κ2) is 5.91. The molecule has 0 N–H and O–H groups in total. The topological polar surface area (TPSA) is 57.7 Å². The molecule has 6 heteroatoms. The first-order valence-electron chi connectivity index (χ1n) is 8.19. The number of amides is 1. The van der Waals surface area contributed by atoms with E-state index in [0.717, 1.165) is 12.0 Å². The molecule has 2 aliphatic rings. The Morgan fingerprint density at radius 2 is 1.96 bits per heavy atom. The summed E-state index contributed by atoms with van der Waals surface area (Å²) in [6.45, 7) is 5.85. The Bertz CT molecular complexity index is 716. The Balaban J connectivity index is 1.72. The van der Waals surface area contributed by atoms with Gasteiger partial charge >= 0.3 is 0 Å². The van der Waals surface area contributed by atoms with E-state index in [4.69, 9.17) is 0 Å². The van der Waals surface area contributed by atoms with E-state index in [1.165, 1.54) is 9.87 Å². The number of rotatable bonds is 4. The van der Waals surface area contributed by atoms with Gasteiger partial charge in [-0.25, -0.2) is 12.7 Å². The average Bonchev–Trinajstić information content (AvgIpc) is 3.08. The van der Waals surface area contributed by atoms with Crippen molar-refractivity contribution < 1.29 is 13.2 Å². The van der Waals surface area contributed by atoms with Crippen LogP contribution in [-0.2, 0) is 21.4 Å². The Kier molecular flexibility index (Phi) is 4.23. The SMILES string of the molecule is CCS(=O)(=O)N1CC[C@]2(CCN(Cc3cccc(C)c3)C2=O)C1. The van der Waals surface area contributed by atoms with Crippen LogP contribution in [0.1, 0.15) is 30.9 Å². The number of carbonyl (C=O) groups excluding carboxylic acids is 1. The highest BCUT2D eigenvalue weighted by Gasteiger charge is 2.52. The second-order valence-electron chi connectivity index (χ2n) is 6.73. The fourth-order valence-corrected chi connectivity index (χ4v) is 4.89. The van der Waals surface area contributed by atoms with E-state index >= 15 is 0 Å². The zero-order valence-corrected chi connectivity index (χ0v) is 14.6. The number of benzene rings is 1. The fourth-order valence-electron chi connectivity index (χ4n) is 3.71. The molecular weight excluding hydrogens is 312 g/mol. The molecule has 0 unspecified atom stereocenters. The minimum Gasteiger partial charge on any atom is -0.338 e. The summed E-state index contributed by atoms with van der Waals surface area (Å²) in [5, 5.41) is 0. The predicted octanol–water partition coefficient (Wildman–Crippen LogP) is 1.77. The highest BCUT2D eigenvalue weighted by atomic mass is 32.2. The fraction of sp³-hybridized carbons (Fsp3) is 0.588. The van der Waals surface area contributed by atoms with Crippen LogP contribution in [-0.4, -0.2) is 48.9 Å². The molecular formula is C17H24N2O3S. The molecule has 2 saturated heterocycles. The van der Waals surface area contributed by atoms with Crippen LogP contribution in [0.5, 0.6) is 0 Å². The maximum Gasteiger partial charge on any atom is 0.230 e. The first kappa shape index (κ1) is 16.5. The second-order valence-corrected chi connectivity index (χ2v) is 8.99. The molecule has 2 fully saturated rings. The van der Waals surface area contributed by atoms with Crippen molar-refractivity contribution in [1.29, 1.82) is 0 Å². The van der Waals surface area contributed by atoms with E-state index in [9.17, 15) is 13.2 Å². The average molecular weight is 336 g/mol. The van der Waals surface area contributed by atoms with Crippen LogP contribution in [0.3, 0.4) is 0 Å². The van der Waals surface area contributed by atoms with E-state index in [1.807, 2.05) is 30.0 Å². The number of hydrogen-bond acceptors (Lipinski definition) is 3. The largest absolute Gasteiger partial charge is 0.338 e. The Morgan fingerprint density at radius 1 is 1.22 bits per heavy atom. The van der Waals surface area contributed by atoms with Gasteiger partial charge in [0.1, 0.15) is 0 Å².